The van der Waals surface area contributed by atoms with Gasteiger partial charge in [0.05, 0.1) is 4.90 Å². The summed E-state index contributed by atoms with van der Waals surface area (Å²) in [5.74, 6) is 0.0565. The van der Waals surface area contributed by atoms with Crippen LogP contribution < -0.4 is 10.0 Å². The highest BCUT2D eigenvalue weighted by molar-refractivity contribution is 7.89. The fourth-order valence-electron chi connectivity index (χ4n) is 2.82. The van der Waals surface area contributed by atoms with Gasteiger partial charge in [-0.2, -0.15) is 0 Å². The van der Waals surface area contributed by atoms with Gasteiger partial charge in [0.1, 0.15) is 0 Å². The van der Waals surface area contributed by atoms with Crippen LogP contribution in [0.15, 0.2) is 59.5 Å². The molecule has 2 N–H and O–H groups in total. The Labute approximate surface area is 154 Å². The van der Waals surface area contributed by atoms with Crippen LogP contribution >= 0.6 is 0 Å². The minimum atomic E-state index is -3.49. The number of carbonyl (C=O) groups is 1. The van der Waals surface area contributed by atoms with Crippen LogP contribution in [-0.4, -0.2) is 26.9 Å². The lowest BCUT2D eigenvalue weighted by Gasteiger charge is -2.16. The highest BCUT2D eigenvalue weighted by Gasteiger charge is 2.28. The van der Waals surface area contributed by atoms with E-state index in [0.717, 1.165) is 19.3 Å². The first-order chi connectivity index (χ1) is 12.5. The van der Waals surface area contributed by atoms with E-state index in [-0.39, 0.29) is 22.8 Å². The van der Waals surface area contributed by atoms with Crippen LogP contribution in [0.3, 0.4) is 0 Å². The van der Waals surface area contributed by atoms with E-state index in [2.05, 4.69) is 29.1 Å². The van der Waals surface area contributed by atoms with Crippen LogP contribution in [0.2, 0.25) is 0 Å². The fraction of sp³-hybridized carbons (Fsp3) is 0.350. The molecule has 0 aliphatic heterocycles. The maximum atomic E-state index is 12.4. The van der Waals surface area contributed by atoms with Gasteiger partial charge in [-0.3, -0.25) is 4.79 Å². The number of benzene rings is 2. The van der Waals surface area contributed by atoms with Crippen LogP contribution in [-0.2, 0) is 10.0 Å². The van der Waals surface area contributed by atoms with Crippen molar-refractivity contribution in [2.45, 2.75) is 43.0 Å². The quantitative estimate of drug-likeness (QED) is 0.748. The van der Waals surface area contributed by atoms with E-state index >= 15 is 0 Å². The molecule has 3 rings (SSSR count). The SMILES string of the molecule is CC[C@H](CNC(=O)c1ccc(S(=O)(=O)NC2CC2)cc1)c1ccccc1. The number of carbonyl (C=O) groups excluding carboxylic acids is 1. The lowest BCUT2D eigenvalue weighted by atomic mass is 9.96. The van der Waals surface area contributed by atoms with Crippen LogP contribution in [0.25, 0.3) is 0 Å². The zero-order valence-corrected chi connectivity index (χ0v) is 15.6. The molecular formula is C20H24N2O3S. The zero-order valence-electron chi connectivity index (χ0n) is 14.8. The first-order valence-electron chi connectivity index (χ1n) is 8.95. The van der Waals surface area contributed by atoms with Crippen molar-refractivity contribution in [1.82, 2.24) is 10.0 Å². The third-order valence-corrected chi connectivity index (χ3v) is 6.14. The van der Waals surface area contributed by atoms with Crippen molar-refractivity contribution in [2.75, 3.05) is 6.54 Å². The molecule has 0 saturated heterocycles. The lowest BCUT2D eigenvalue weighted by Crippen LogP contribution is -2.28. The van der Waals surface area contributed by atoms with Crippen LogP contribution in [0, 0.1) is 0 Å². The first-order valence-corrected chi connectivity index (χ1v) is 10.4. The van der Waals surface area contributed by atoms with Crippen LogP contribution in [0.5, 0.6) is 0 Å². The largest absolute Gasteiger partial charge is 0.351 e. The summed E-state index contributed by atoms with van der Waals surface area (Å²) in [7, 11) is -3.49. The van der Waals surface area contributed by atoms with Gasteiger partial charge in [0, 0.05) is 24.1 Å². The molecule has 1 fully saturated rings. The number of hydrogen-bond donors (Lipinski definition) is 2. The molecule has 0 unspecified atom stereocenters. The van der Waals surface area contributed by atoms with Gasteiger partial charge in [0.25, 0.3) is 5.91 Å². The summed E-state index contributed by atoms with van der Waals surface area (Å²) < 4.78 is 27.0. The van der Waals surface area contributed by atoms with Gasteiger partial charge in [0.2, 0.25) is 10.0 Å². The molecule has 138 valence electrons. The molecule has 1 amide bonds. The Morgan fingerprint density at radius 3 is 2.31 bits per heavy atom. The normalized spacial score (nSPS) is 15.4. The molecular weight excluding hydrogens is 348 g/mol. The molecule has 1 aliphatic rings. The maximum absolute atomic E-state index is 12.4. The molecule has 1 aliphatic carbocycles. The van der Waals surface area contributed by atoms with Crippen molar-refractivity contribution in [3.05, 3.63) is 65.7 Å². The molecule has 1 saturated carbocycles. The van der Waals surface area contributed by atoms with Gasteiger partial charge in [0.15, 0.2) is 0 Å². The second-order valence-electron chi connectivity index (χ2n) is 6.65. The van der Waals surface area contributed by atoms with E-state index in [9.17, 15) is 13.2 Å². The second kappa shape index (κ2) is 8.01. The number of sulfonamides is 1. The Kier molecular flexibility index (Phi) is 5.74. The fourth-order valence-corrected chi connectivity index (χ4v) is 4.12. The molecule has 2 aromatic rings. The highest BCUT2D eigenvalue weighted by Crippen LogP contribution is 2.22. The molecule has 0 heterocycles. The van der Waals surface area contributed by atoms with Crippen molar-refractivity contribution < 1.29 is 13.2 Å². The number of amides is 1. The van der Waals surface area contributed by atoms with Crippen LogP contribution in [0.4, 0.5) is 0 Å². The second-order valence-corrected chi connectivity index (χ2v) is 8.36. The molecule has 0 bridgehead atoms. The van der Waals surface area contributed by atoms with Crippen LogP contribution in [0.1, 0.15) is 48.0 Å². The molecule has 5 nitrogen and oxygen atoms in total. The van der Waals surface area contributed by atoms with Crippen molar-refractivity contribution >= 4 is 15.9 Å². The summed E-state index contributed by atoms with van der Waals surface area (Å²) in [6.07, 6.45) is 2.70. The van der Waals surface area contributed by atoms with E-state index in [1.165, 1.54) is 17.7 Å². The molecule has 0 radical (unpaired) electrons. The van der Waals surface area contributed by atoms with E-state index in [4.69, 9.17) is 0 Å². The summed E-state index contributed by atoms with van der Waals surface area (Å²) in [5, 5.41) is 2.94. The third-order valence-electron chi connectivity index (χ3n) is 4.60. The minimum absolute atomic E-state index is 0.0620. The Morgan fingerprint density at radius 2 is 1.73 bits per heavy atom. The van der Waals surface area contributed by atoms with Gasteiger partial charge in [-0.15, -0.1) is 0 Å². The Balaban J connectivity index is 1.61. The minimum Gasteiger partial charge on any atom is -0.351 e. The Hall–Kier alpha value is -2.18. The van der Waals surface area contributed by atoms with Gasteiger partial charge < -0.3 is 5.32 Å². The van der Waals surface area contributed by atoms with E-state index in [0.29, 0.717) is 12.1 Å². The highest BCUT2D eigenvalue weighted by atomic mass is 32.2. The zero-order chi connectivity index (χ0) is 18.6. The molecule has 26 heavy (non-hydrogen) atoms. The Morgan fingerprint density at radius 1 is 1.08 bits per heavy atom. The van der Waals surface area contributed by atoms with Crippen molar-refractivity contribution in [2.24, 2.45) is 0 Å². The van der Waals surface area contributed by atoms with Gasteiger partial charge in [-0.05, 0) is 49.1 Å². The molecule has 2 aromatic carbocycles. The predicted octanol–water partition coefficient (Wildman–Crippen LogP) is 3.05. The van der Waals surface area contributed by atoms with Crippen molar-refractivity contribution in [1.29, 1.82) is 0 Å². The first kappa shape index (κ1) is 18.6. The molecule has 0 spiro atoms. The summed E-state index contributed by atoms with van der Waals surface area (Å²) in [6.45, 7) is 2.64. The number of hydrogen-bond acceptors (Lipinski definition) is 3. The molecule has 0 aromatic heterocycles. The summed E-state index contributed by atoms with van der Waals surface area (Å²) >= 11 is 0. The summed E-state index contributed by atoms with van der Waals surface area (Å²) in [5.41, 5.74) is 1.65. The number of rotatable bonds is 8. The van der Waals surface area contributed by atoms with Gasteiger partial charge in [-0.25, -0.2) is 13.1 Å². The summed E-state index contributed by atoms with van der Waals surface area (Å²) in [4.78, 5) is 12.6. The topological polar surface area (TPSA) is 75.3 Å². The summed E-state index contributed by atoms with van der Waals surface area (Å²) in [6, 6.07) is 16.2. The average Bonchev–Trinajstić information content (AvgIpc) is 3.46. The molecule has 6 heteroatoms. The predicted molar refractivity (Wildman–Crippen MR) is 102 cm³/mol. The van der Waals surface area contributed by atoms with Crippen molar-refractivity contribution in [3.8, 4) is 0 Å². The van der Waals surface area contributed by atoms with Gasteiger partial charge >= 0.3 is 0 Å². The van der Waals surface area contributed by atoms with E-state index in [1.54, 1.807) is 12.1 Å². The Bertz CT molecular complexity index is 844. The smallest absolute Gasteiger partial charge is 0.251 e. The number of nitrogens with one attached hydrogen (secondary N) is 2. The third kappa shape index (κ3) is 4.71. The van der Waals surface area contributed by atoms with Crippen molar-refractivity contribution in [3.63, 3.8) is 0 Å². The van der Waals surface area contributed by atoms with E-state index in [1.807, 2.05) is 18.2 Å². The lowest BCUT2D eigenvalue weighted by molar-refractivity contribution is 0.0951. The molecule has 1 atom stereocenters. The maximum Gasteiger partial charge on any atom is 0.251 e. The average molecular weight is 372 g/mol. The standard InChI is InChI=1S/C20H24N2O3S/c1-2-15(16-6-4-3-5-7-16)14-21-20(23)17-8-12-19(13-9-17)26(24,25)22-18-10-11-18/h3-9,12-13,15,18,22H,2,10-11,14H2,1H3,(H,21,23)/t15-/m1/s1. The monoisotopic (exact) mass is 372 g/mol. The van der Waals surface area contributed by atoms with E-state index < -0.39 is 10.0 Å². The van der Waals surface area contributed by atoms with Gasteiger partial charge in [-0.1, -0.05) is 37.3 Å².